The van der Waals surface area contributed by atoms with E-state index < -0.39 is 0 Å². The molecule has 2 rings (SSSR count). The third-order valence-electron chi connectivity index (χ3n) is 3.44. The van der Waals surface area contributed by atoms with Crippen LogP contribution in [-0.2, 0) is 0 Å². The number of anilines is 1. The van der Waals surface area contributed by atoms with E-state index in [1.807, 2.05) is 13.0 Å². The van der Waals surface area contributed by atoms with Gasteiger partial charge in [0.15, 0.2) is 0 Å². The molecule has 4 heteroatoms. The maximum absolute atomic E-state index is 9.21. The van der Waals surface area contributed by atoms with Gasteiger partial charge in [-0.25, -0.2) is 4.98 Å². The molecule has 1 fully saturated rings. The highest BCUT2D eigenvalue weighted by molar-refractivity contribution is 5.57. The first-order valence-electron chi connectivity index (χ1n) is 5.90. The summed E-state index contributed by atoms with van der Waals surface area (Å²) < 4.78 is 0. The van der Waals surface area contributed by atoms with E-state index in [0.717, 1.165) is 30.9 Å². The van der Waals surface area contributed by atoms with Crippen LogP contribution in [0.15, 0.2) is 12.3 Å². The molecule has 4 nitrogen and oxygen atoms in total. The van der Waals surface area contributed by atoms with Crippen LogP contribution in [0.4, 0.5) is 5.82 Å². The summed E-state index contributed by atoms with van der Waals surface area (Å²) in [6, 6.07) is 4.72. The fourth-order valence-electron chi connectivity index (χ4n) is 2.28. The normalized spacial score (nSPS) is 19.7. The number of hydrogen-bond donors (Lipinski definition) is 0. The van der Waals surface area contributed by atoms with Crippen molar-refractivity contribution in [3.8, 4) is 6.07 Å². The molecular weight excluding hydrogens is 212 g/mol. The van der Waals surface area contributed by atoms with Crippen molar-refractivity contribution in [3.63, 3.8) is 0 Å². The van der Waals surface area contributed by atoms with Gasteiger partial charge in [0.1, 0.15) is 11.9 Å². The number of nitrogens with zero attached hydrogens (tertiary/aromatic N) is 4. The Morgan fingerprint density at radius 2 is 2.29 bits per heavy atom. The molecule has 1 aliphatic rings. The largest absolute Gasteiger partial charge is 0.354 e. The van der Waals surface area contributed by atoms with Crippen LogP contribution in [0, 0.1) is 18.3 Å². The third-order valence-corrected chi connectivity index (χ3v) is 3.44. The average Bonchev–Trinajstić information content (AvgIpc) is 2.77. The molecule has 17 heavy (non-hydrogen) atoms. The summed E-state index contributed by atoms with van der Waals surface area (Å²) in [7, 11) is 4.20. The molecule has 2 heterocycles. The highest BCUT2D eigenvalue weighted by atomic mass is 15.3. The topological polar surface area (TPSA) is 43.2 Å². The third kappa shape index (κ3) is 2.25. The second-order valence-electron chi connectivity index (χ2n) is 4.79. The van der Waals surface area contributed by atoms with Crippen LogP contribution in [-0.4, -0.2) is 43.1 Å². The number of hydrogen-bond acceptors (Lipinski definition) is 4. The van der Waals surface area contributed by atoms with Crippen LogP contribution in [0.3, 0.4) is 0 Å². The second-order valence-corrected chi connectivity index (χ2v) is 4.79. The summed E-state index contributed by atoms with van der Waals surface area (Å²) >= 11 is 0. The summed E-state index contributed by atoms with van der Waals surface area (Å²) in [5.74, 6) is 0.844. The fourth-order valence-corrected chi connectivity index (χ4v) is 2.28. The Morgan fingerprint density at radius 1 is 1.53 bits per heavy atom. The molecule has 1 aromatic rings. The van der Waals surface area contributed by atoms with Gasteiger partial charge >= 0.3 is 0 Å². The van der Waals surface area contributed by atoms with E-state index >= 15 is 0 Å². The standard InChI is InChI=1S/C13H18N4/c1-10-4-6-15-13(12(10)8-14)17-7-5-11(9-17)16(2)3/h4,6,11H,5,7,9H2,1-3H3. The maximum Gasteiger partial charge on any atom is 0.146 e. The number of aromatic nitrogens is 1. The van der Waals surface area contributed by atoms with Crippen molar-refractivity contribution < 1.29 is 0 Å². The minimum Gasteiger partial charge on any atom is -0.354 e. The lowest BCUT2D eigenvalue weighted by Crippen LogP contribution is -2.32. The van der Waals surface area contributed by atoms with Crippen LogP contribution >= 0.6 is 0 Å². The van der Waals surface area contributed by atoms with Gasteiger partial charge in [0.2, 0.25) is 0 Å². The van der Waals surface area contributed by atoms with E-state index in [0.29, 0.717) is 11.6 Å². The van der Waals surface area contributed by atoms with Crippen molar-refractivity contribution in [3.05, 3.63) is 23.4 Å². The van der Waals surface area contributed by atoms with Crippen LogP contribution in [0.2, 0.25) is 0 Å². The molecule has 90 valence electrons. The Balaban J connectivity index is 2.25. The van der Waals surface area contributed by atoms with E-state index in [1.54, 1.807) is 6.20 Å². The van der Waals surface area contributed by atoms with Gasteiger partial charge < -0.3 is 9.80 Å². The van der Waals surface area contributed by atoms with Gasteiger partial charge in [-0.15, -0.1) is 0 Å². The molecule has 0 N–H and O–H groups in total. The summed E-state index contributed by atoms with van der Waals surface area (Å²) in [6.45, 7) is 3.90. The van der Waals surface area contributed by atoms with Crippen LogP contribution in [0.1, 0.15) is 17.5 Å². The van der Waals surface area contributed by atoms with E-state index in [-0.39, 0.29) is 0 Å². The van der Waals surface area contributed by atoms with Gasteiger partial charge in [0.05, 0.1) is 5.56 Å². The SMILES string of the molecule is Cc1ccnc(N2CCC(N(C)C)C2)c1C#N. The number of rotatable bonds is 2. The molecule has 0 radical (unpaired) electrons. The van der Waals surface area contributed by atoms with E-state index in [4.69, 9.17) is 0 Å². The van der Waals surface area contributed by atoms with Gasteiger partial charge in [0, 0.05) is 25.3 Å². The first kappa shape index (κ1) is 11.9. The van der Waals surface area contributed by atoms with Crippen molar-refractivity contribution >= 4 is 5.82 Å². The van der Waals surface area contributed by atoms with Crippen molar-refractivity contribution in [1.82, 2.24) is 9.88 Å². The number of likely N-dealkylation sites (N-methyl/N-ethyl adjacent to an activating group) is 1. The van der Waals surface area contributed by atoms with Gasteiger partial charge in [0.25, 0.3) is 0 Å². The summed E-state index contributed by atoms with van der Waals surface area (Å²) in [6.07, 6.45) is 2.92. The van der Waals surface area contributed by atoms with Crippen LogP contribution < -0.4 is 4.90 Å². The fraction of sp³-hybridized carbons (Fsp3) is 0.538. The lowest BCUT2D eigenvalue weighted by atomic mass is 10.1. The van der Waals surface area contributed by atoms with E-state index in [1.165, 1.54) is 0 Å². The van der Waals surface area contributed by atoms with E-state index in [9.17, 15) is 5.26 Å². The zero-order valence-electron chi connectivity index (χ0n) is 10.6. The zero-order valence-corrected chi connectivity index (χ0v) is 10.6. The Hall–Kier alpha value is -1.60. The summed E-state index contributed by atoms with van der Waals surface area (Å²) in [4.78, 5) is 8.83. The molecule has 0 aliphatic carbocycles. The first-order chi connectivity index (χ1) is 8.13. The second kappa shape index (κ2) is 4.72. The summed E-state index contributed by atoms with van der Waals surface area (Å²) in [5.41, 5.74) is 1.72. The van der Waals surface area contributed by atoms with Crippen molar-refractivity contribution in [2.45, 2.75) is 19.4 Å². The molecule has 0 spiro atoms. The van der Waals surface area contributed by atoms with E-state index in [2.05, 4.69) is 34.9 Å². The molecule has 0 aromatic carbocycles. The molecule has 0 amide bonds. The van der Waals surface area contributed by atoms with Gasteiger partial charge in [-0.2, -0.15) is 5.26 Å². The Labute approximate surface area is 102 Å². The average molecular weight is 230 g/mol. The number of nitriles is 1. The smallest absolute Gasteiger partial charge is 0.146 e. The predicted molar refractivity (Wildman–Crippen MR) is 68.0 cm³/mol. The molecule has 1 aliphatic heterocycles. The minimum absolute atomic E-state index is 0.559. The quantitative estimate of drug-likeness (QED) is 0.770. The summed E-state index contributed by atoms with van der Waals surface area (Å²) in [5, 5.41) is 9.21. The van der Waals surface area contributed by atoms with Crippen LogP contribution in [0.5, 0.6) is 0 Å². The molecule has 1 saturated heterocycles. The van der Waals surface area contributed by atoms with Crippen molar-refractivity contribution in [2.24, 2.45) is 0 Å². The molecule has 1 unspecified atom stereocenters. The molecule has 0 bridgehead atoms. The molecule has 1 aromatic heterocycles. The Bertz CT molecular complexity index is 447. The van der Waals surface area contributed by atoms with Gasteiger partial charge in [-0.3, -0.25) is 0 Å². The highest BCUT2D eigenvalue weighted by Gasteiger charge is 2.26. The molecule has 1 atom stereocenters. The van der Waals surface area contributed by atoms with Crippen LogP contribution in [0.25, 0.3) is 0 Å². The molecule has 0 saturated carbocycles. The highest BCUT2D eigenvalue weighted by Crippen LogP contribution is 2.24. The Kier molecular flexibility index (Phi) is 3.30. The predicted octanol–water partition coefficient (Wildman–Crippen LogP) is 1.40. The van der Waals surface area contributed by atoms with Gasteiger partial charge in [-0.05, 0) is 39.1 Å². The lowest BCUT2D eigenvalue weighted by Gasteiger charge is -2.22. The number of aryl methyl sites for hydroxylation is 1. The Morgan fingerprint density at radius 3 is 2.88 bits per heavy atom. The molecular formula is C13H18N4. The van der Waals surface area contributed by atoms with Crippen molar-refractivity contribution in [2.75, 3.05) is 32.1 Å². The lowest BCUT2D eigenvalue weighted by molar-refractivity contribution is 0.315. The van der Waals surface area contributed by atoms with Crippen molar-refractivity contribution in [1.29, 1.82) is 5.26 Å². The maximum atomic E-state index is 9.21. The van der Waals surface area contributed by atoms with Gasteiger partial charge in [-0.1, -0.05) is 0 Å². The monoisotopic (exact) mass is 230 g/mol. The number of pyridine rings is 1. The zero-order chi connectivity index (χ0) is 12.4. The first-order valence-corrected chi connectivity index (χ1v) is 5.90. The minimum atomic E-state index is 0.559.